The Morgan fingerprint density at radius 3 is 2.40 bits per heavy atom. The van der Waals surface area contributed by atoms with Gasteiger partial charge in [0, 0.05) is 42.9 Å². The predicted molar refractivity (Wildman–Crippen MR) is 113 cm³/mol. The van der Waals surface area contributed by atoms with E-state index in [9.17, 15) is 18.8 Å². The van der Waals surface area contributed by atoms with Crippen molar-refractivity contribution in [1.82, 2.24) is 9.78 Å². The standard InChI is InChI=1S/C22H21FN4O3/c1-15(28)24-18-4-2-5-19(14-18)25-21(29)6-3-13-27-22(30)12-11-20(26-27)16-7-9-17(23)10-8-16/h2,4-5,7-12,14H,3,6,13H2,1H3,(H,24,28)(H,25,29). The maximum absolute atomic E-state index is 13.1. The lowest BCUT2D eigenvalue weighted by atomic mass is 10.1. The Labute approximate surface area is 172 Å². The molecule has 0 aliphatic rings. The lowest BCUT2D eigenvalue weighted by molar-refractivity contribution is -0.116. The summed E-state index contributed by atoms with van der Waals surface area (Å²) in [6, 6.07) is 15.7. The maximum Gasteiger partial charge on any atom is 0.266 e. The molecule has 0 atom stereocenters. The second-order valence-electron chi connectivity index (χ2n) is 6.70. The first kappa shape index (κ1) is 20.9. The Balaban J connectivity index is 1.58. The highest BCUT2D eigenvalue weighted by Crippen LogP contribution is 2.17. The molecular formula is C22H21FN4O3. The smallest absolute Gasteiger partial charge is 0.266 e. The van der Waals surface area contributed by atoms with Crippen LogP contribution in [0.3, 0.4) is 0 Å². The number of halogens is 1. The Hall–Kier alpha value is -3.81. The zero-order valence-corrected chi connectivity index (χ0v) is 16.4. The topological polar surface area (TPSA) is 93.1 Å². The summed E-state index contributed by atoms with van der Waals surface area (Å²) in [4.78, 5) is 35.4. The molecule has 8 heteroatoms. The Morgan fingerprint density at radius 2 is 1.70 bits per heavy atom. The van der Waals surface area contributed by atoms with Gasteiger partial charge in [0.25, 0.3) is 5.56 Å². The number of anilines is 2. The molecule has 0 saturated heterocycles. The van der Waals surface area contributed by atoms with Crippen molar-refractivity contribution >= 4 is 23.2 Å². The molecule has 1 aromatic heterocycles. The van der Waals surface area contributed by atoms with Crippen molar-refractivity contribution in [3.8, 4) is 11.3 Å². The number of carbonyl (C=O) groups is 2. The quantitative estimate of drug-likeness (QED) is 0.626. The largest absolute Gasteiger partial charge is 0.326 e. The number of nitrogens with one attached hydrogen (secondary N) is 2. The van der Waals surface area contributed by atoms with Crippen LogP contribution in [0.1, 0.15) is 19.8 Å². The van der Waals surface area contributed by atoms with E-state index in [1.54, 1.807) is 42.5 Å². The van der Waals surface area contributed by atoms with Crippen LogP contribution in [0.25, 0.3) is 11.3 Å². The SMILES string of the molecule is CC(=O)Nc1cccc(NC(=O)CCCn2nc(-c3ccc(F)cc3)ccc2=O)c1. The lowest BCUT2D eigenvalue weighted by Crippen LogP contribution is -2.23. The van der Waals surface area contributed by atoms with E-state index in [4.69, 9.17) is 0 Å². The molecule has 2 aromatic carbocycles. The van der Waals surface area contributed by atoms with Crippen LogP contribution in [0.15, 0.2) is 65.5 Å². The van der Waals surface area contributed by atoms with E-state index in [0.29, 0.717) is 29.1 Å². The zero-order chi connectivity index (χ0) is 21.5. The third-order valence-electron chi connectivity index (χ3n) is 4.25. The molecule has 154 valence electrons. The van der Waals surface area contributed by atoms with Gasteiger partial charge in [-0.25, -0.2) is 9.07 Å². The van der Waals surface area contributed by atoms with Crippen molar-refractivity contribution < 1.29 is 14.0 Å². The highest BCUT2D eigenvalue weighted by molar-refractivity contribution is 5.93. The van der Waals surface area contributed by atoms with Gasteiger partial charge in [-0.05, 0) is 55.0 Å². The molecule has 1 heterocycles. The fourth-order valence-corrected chi connectivity index (χ4v) is 2.87. The van der Waals surface area contributed by atoms with Gasteiger partial charge in [0.1, 0.15) is 5.82 Å². The van der Waals surface area contributed by atoms with Crippen molar-refractivity contribution in [3.05, 3.63) is 76.8 Å². The van der Waals surface area contributed by atoms with Gasteiger partial charge in [-0.3, -0.25) is 14.4 Å². The van der Waals surface area contributed by atoms with Gasteiger partial charge in [0.2, 0.25) is 11.8 Å². The summed E-state index contributed by atoms with van der Waals surface area (Å²) in [5.74, 6) is -0.752. The van der Waals surface area contributed by atoms with Crippen LogP contribution in [0.2, 0.25) is 0 Å². The summed E-state index contributed by atoms with van der Waals surface area (Å²) in [6.07, 6.45) is 0.607. The Kier molecular flexibility index (Phi) is 6.69. The first-order chi connectivity index (χ1) is 14.4. The monoisotopic (exact) mass is 408 g/mol. The molecule has 0 saturated carbocycles. The van der Waals surface area contributed by atoms with Gasteiger partial charge in [0.05, 0.1) is 5.69 Å². The normalized spacial score (nSPS) is 10.5. The number of aryl methyl sites for hydroxylation is 1. The molecule has 2 N–H and O–H groups in total. The van der Waals surface area contributed by atoms with Crippen molar-refractivity contribution in [2.24, 2.45) is 0 Å². The van der Waals surface area contributed by atoms with E-state index in [2.05, 4.69) is 15.7 Å². The van der Waals surface area contributed by atoms with Crippen LogP contribution < -0.4 is 16.2 Å². The number of benzene rings is 2. The average molecular weight is 408 g/mol. The third-order valence-corrected chi connectivity index (χ3v) is 4.25. The molecule has 2 amide bonds. The van der Waals surface area contributed by atoms with E-state index in [-0.39, 0.29) is 36.2 Å². The fraction of sp³-hybridized carbons (Fsp3) is 0.182. The number of hydrogen-bond donors (Lipinski definition) is 2. The summed E-state index contributed by atoms with van der Waals surface area (Å²) >= 11 is 0. The second kappa shape index (κ2) is 9.60. The van der Waals surface area contributed by atoms with Crippen molar-refractivity contribution in [3.63, 3.8) is 0 Å². The predicted octanol–water partition coefficient (Wildman–Crippen LogP) is 3.43. The maximum atomic E-state index is 13.1. The zero-order valence-electron chi connectivity index (χ0n) is 16.4. The summed E-state index contributed by atoms with van der Waals surface area (Å²) in [5.41, 5.74) is 2.13. The molecule has 3 rings (SSSR count). The molecule has 0 fully saturated rings. The highest BCUT2D eigenvalue weighted by atomic mass is 19.1. The van der Waals surface area contributed by atoms with E-state index < -0.39 is 0 Å². The highest BCUT2D eigenvalue weighted by Gasteiger charge is 2.07. The Bertz CT molecular complexity index is 1110. The van der Waals surface area contributed by atoms with Crippen LogP contribution in [0.4, 0.5) is 15.8 Å². The molecular weight excluding hydrogens is 387 g/mol. The van der Waals surface area contributed by atoms with Crippen LogP contribution in [-0.2, 0) is 16.1 Å². The molecule has 0 bridgehead atoms. The molecule has 3 aromatic rings. The minimum absolute atomic E-state index is 0.194. The molecule has 30 heavy (non-hydrogen) atoms. The summed E-state index contributed by atoms with van der Waals surface area (Å²) in [7, 11) is 0. The van der Waals surface area contributed by atoms with Crippen molar-refractivity contribution in [2.45, 2.75) is 26.3 Å². The van der Waals surface area contributed by atoms with Crippen molar-refractivity contribution in [2.75, 3.05) is 10.6 Å². The summed E-state index contributed by atoms with van der Waals surface area (Å²) < 4.78 is 14.4. The first-order valence-corrected chi connectivity index (χ1v) is 9.42. The molecule has 0 aliphatic heterocycles. The van der Waals surface area contributed by atoms with E-state index >= 15 is 0 Å². The number of carbonyl (C=O) groups excluding carboxylic acids is 2. The summed E-state index contributed by atoms with van der Waals surface area (Å²) in [6.45, 7) is 1.68. The Morgan fingerprint density at radius 1 is 1.00 bits per heavy atom. The van der Waals surface area contributed by atoms with Gasteiger partial charge in [-0.2, -0.15) is 5.10 Å². The second-order valence-corrected chi connectivity index (χ2v) is 6.70. The third kappa shape index (κ3) is 5.84. The summed E-state index contributed by atoms with van der Waals surface area (Å²) in [5, 5.41) is 9.72. The first-order valence-electron chi connectivity index (χ1n) is 9.42. The van der Waals surface area contributed by atoms with Crippen LogP contribution in [-0.4, -0.2) is 21.6 Å². The van der Waals surface area contributed by atoms with Crippen LogP contribution >= 0.6 is 0 Å². The number of rotatable bonds is 7. The van der Waals surface area contributed by atoms with Gasteiger partial charge < -0.3 is 10.6 Å². The van der Waals surface area contributed by atoms with Gasteiger partial charge in [-0.1, -0.05) is 6.07 Å². The number of amides is 2. The molecule has 7 nitrogen and oxygen atoms in total. The minimum Gasteiger partial charge on any atom is -0.326 e. The van der Waals surface area contributed by atoms with E-state index in [0.717, 1.165) is 0 Å². The van der Waals surface area contributed by atoms with Gasteiger partial charge >= 0.3 is 0 Å². The number of nitrogens with zero attached hydrogens (tertiary/aromatic N) is 2. The molecule has 0 radical (unpaired) electrons. The fourth-order valence-electron chi connectivity index (χ4n) is 2.87. The number of aromatic nitrogens is 2. The molecule has 0 unspecified atom stereocenters. The van der Waals surface area contributed by atoms with Crippen LogP contribution in [0, 0.1) is 5.82 Å². The molecule has 0 spiro atoms. The van der Waals surface area contributed by atoms with Crippen LogP contribution in [0.5, 0.6) is 0 Å². The van der Waals surface area contributed by atoms with Gasteiger partial charge in [-0.15, -0.1) is 0 Å². The molecule has 0 aliphatic carbocycles. The van der Waals surface area contributed by atoms with E-state index in [1.165, 1.54) is 29.8 Å². The number of hydrogen-bond acceptors (Lipinski definition) is 4. The lowest BCUT2D eigenvalue weighted by Gasteiger charge is -2.09. The minimum atomic E-state index is -0.347. The van der Waals surface area contributed by atoms with E-state index in [1.807, 2.05) is 0 Å². The average Bonchev–Trinajstić information content (AvgIpc) is 2.70. The van der Waals surface area contributed by atoms with Crippen molar-refractivity contribution in [1.29, 1.82) is 0 Å². The van der Waals surface area contributed by atoms with Gasteiger partial charge in [0.15, 0.2) is 0 Å².